The molecule has 0 fully saturated rings. The molecular formula is C23H20FN3O4S. The number of hydrogen-bond donors (Lipinski definition) is 2. The van der Waals surface area contributed by atoms with Gasteiger partial charge in [0.05, 0.1) is 22.7 Å². The molecule has 3 aromatic rings. The lowest BCUT2D eigenvalue weighted by Crippen LogP contribution is -2.42. The van der Waals surface area contributed by atoms with E-state index in [9.17, 15) is 22.4 Å². The Labute approximate surface area is 185 Å². The number of carbonyl (C=O) groups is 2. The summed E-state index contributed by atoms with van der Waals surface area (Å²) in [5.74, 6) is -2.35. The number of hydrazine groups is 1. The molecule has 3 aromatic carbocycles. The molecule has 0 aliphatic carbocycles. The number of nitrogens with one attached hydrogen (secondary N) is 2. The molecule has 0 spiro atoms. The molecule has 164 valence electrons. The first kappa shape index (κ1) is 22.7. The SMILES string of the molecule is C=CCN(c1ccccc1)S(=O)(=O)c1cccc(C(=O)NNC(=O)c2ccccc2F)c1. The second kappa shape index (κ2) is 9.88. The molecule has 2 N–H and O–H groups in total. The van der Waals surface area contributed by atoms with E-state index in [0.717, 1.165) is 10.4 Å². The van der Waals surface area contributed by atoms with Gasteiger partial charge in [-0.25, -0.2) is 12.8 Å². The van der Waals surface area contributed by atoms with Gasteiger partial charge in [-0.1, -0.05) is 42.5 Å². The van der Waals surface area contributed by atoms with Gasteiger partial charge in [-0.15, -0.1) is 6.58 Å². The fourth-order valence-corrected chi connectivity index (χ4v) is 4.36. The third kappa shape index (κ3) is 5.01. The Balaban J connectivity index is 1.80. The van der Waals surface area contributed by atoms with Crippen molar-refractivity contribution in [2.75, 3.05) is 10.8 Å². The summed E-state index contributed by atoms with van der Waals surface area (Å²) < 4.78 is 41.3. The molecule has 0 atom stereocenters. The van der Waals surface area contributed by atoms with Crippen molar-refractivity contribution in [3.05, 3.63) is 108 Å². The maximum absolute atomic E-state index is 13.7. The zero-order chi connectivity index (χ0) is 23.1. The van der Waals surface area contributed by atoms with E-state index in [-0.39, 0.29) is 22.6 Å². The molecule has 0 radical (unpaired) electrons. The summed E-state index contributed by atoms with van der Waals surface area (Å²) >= 11 is 0. The number of benzene rings is 3. The molecule has 0 unspecified atom stereocenters. The fraction of sp³-hybridized carbons (Fsp3) is 0.0435. The summed E-state index contributed by atoms with van der Waals surface area (Å²) in [5, 5.41) is 0. The number of hydrogen-bond acceptors (Lipinski definition) is 4. The van der Waals surface area contributed by atoms with Crippen molar-refractivity contribution in [3.8, 4) is 0 Å². The van der Waals surface area contributed by atoms with Gasteiger partial charge in [0.1, 0.15) is 5.82 Å². The Morgan fingerprint density at radius 2 is 1.56 bits per heavy atom. The summed E-state index contributed by atoms with van der Waals surface area (Å²) in [5.41, 5.74) is 4.47. The average Bonchev–Trinajstić information content (AvgIpc) is 2.81. The van der Waals surface area contributed by atoms with Crippen LogP contribution in [0.4, 0.5) is 10.1 Å². The fourth-order valence-electron chi connectivity index (χ4n) is 2.88. The Hall–Kier alpha value is -3.98. The van der Waals surface area contributed by atoms with Crippen LogP contribution in [0.25, 0.3) is 0 Å². The summed E-state index contributed by atoms with van der Waals surface area (Å²) in [6.45, 7) is 3.64. The predicted octanol–water partition coefficient (Wildman–Crippen LogP) is 3.28. The predicted molar refractivity (Wildman–Crippen MR) is 119 cm³/mol. The first-order valence-corrected chi connectivity index (χ1v) is 10.9. The number of carbonyl (C=O) groups excluding carboxylic acids is 2. The molecule has 0 aliphatic heterocycles. The van der Waals surface area contributed by atoms with Crippen molar-refractivity contribution in [3.63, 3.8) is 0 Å². The largest absolute Gasteiger partial charge is 0.272 e. The number of para-hydroxylation sites is 1. The van der Waals surface area contributed by atoms with Crippen LogP contribution < -0.4 is 15.2 Å². The highest BCUT2D eigenvalue weighted by atomic mass is 32.2. The highest BCUT2D eigenvalue weighted by Crippen LogP contribution is 2.24. The van der Waals surface area contributed by atoms with Crippen LogP contribution >= 0.6 is 0 Å². The summed E-state index contributed by atoms with van der Waals surface area (Å²) in [7, 11) is -4.01. The summed E-state index contributed by atoms with van der Waals surface area (Å²) in [6, 6.07) is 19.1. The van der Waals surface area contributed by atoms with Crippen molar-refractivity contribution >= 4 is 27.5 Å². The van der Waals surface area contributed by atoms with E-state index in [1.807, 2.05) is 0 Å². The lowest BCUT2D eigenvalue weighted by atomic mass is 10.2. The molecule has 0 aliphatic rings. The van der Waals surface area contributed by atoms with Crippen LogP contribution in [0.1, 0.15) is 20.7 Å². The molecule has 0 saturated heterocycles. The van der Waals surface area contributed by atoms with Crippen LogP contribution in [0.15, 0.2) is 96.4 Å². The van der Waals surface area contributed by atoms with Gasteiger partial charge in [-0.3, -0.25) is 24.7 Å². The van der Waals surface area contributed by atoms with E-state index < -0.39 is 27.7 Å². The highest BCUT2D eigenvalue weighted by Gasteiger charge is 2.25. The maximum Gasteiger partial charge on any atom is 0.272 e. The maximum atomic E-state index is 13.7. The zero-order valence-corrected chi connectivity index (χ0v) is 17.7. The number of rotatable bonds is 7. The molecule has 3 rings (SSSR count). The Morgan fingerprint density at radius 1 is 0.906 bits per heavy atom. The van der Waals surface area contributed by atoms with E-state index >= 15 is 0 Å². The Bertz CT molecular complexity index is 1250. The first-order valence-electron chi connectivity index (χ1n) is 9.48. The average molecular weight is 453 g/mol. The highest BCUT2D eigenvalue weighted by molar-refractivity contribution is 7.92. The van der Waals surface area contributed by atoms with Crippen molar-refractivity contribution < 1.29 is 22.4 Å². The van der Waals surface area contributed by atoms with E-state index in [0.29, 0.717) is 5.69 Å². The van der Waals surface area contributed by atoms with Gasteiger partial charge in [0.15, 0.2) is 0 Å². The Kier molecular flexibility index (Phi) is 7.01. The van der Waals surface area contributed by atoms with Crippen LogP contribution in [0, 0.1) is 5.82 Å². The number of nitrogens with zero attached hydrogens (tertiary/aromatic N) is 1. The summed E-state index contributed by atoms with van der Waals surface area (Å²) in [6.07, 6.45) is 1.46. The molecule has 0 saturated carbocycles. The van der Waals surface area contributed by atoms with Crippen molar-refractivity contribution in [2.45, 2.75) is 4.90 Å². The second-order valence-corrected chi connectivity index (χ2v) is 8.44. The smallest absolute Gasteiger partial charge is 0.267 e. The molecule has 0 bridgehead atoms. The van der Waals surface area contributed by atoms with Crippen LogP contribution in [-0.2, 0) is 10.0 Å². The van der Waals surface area contributed by atoms with Crippen LogP contribution in [-0.4, -0.2) is 26.8 Å². The van der Waals surface area contributed by atoms with Gasteiger partial charge >= 0.3 is 0 Å². The van der Waals surface area contributed by atoms with Crippen molar-refractivity contribution in [1.29, 1.82) is 0 Å². The third-order valence-electron chi connectivity index (χ3n) is 4.43. The molecule has 0 heterocycles. The normalized spacial score (nSPS) is 10.8. The van der Waals surface area contributed by atoms with Gasteiger partial charge in [0.25, 0.3) is 21.8 Å². The van der Waals surface area contributed by atoms with Crippen LogP contribution in [0.3, 0.4) is 0 Å². The Morgan fingerprint density at radius 3 is 2.25 bits per heavy atom. The van der Waals surface area contributed by atoms with E-state index in [1.54, 1.807) is 30.3 Å². The van der Waals surface area contributed by atoms with Gasteiger partial charge in [-0.05, 0) is 42.5 Å². The monoisotopic (exact) mass is 453 g/mol. The van der Waals surface area contributed by atoms with Crippen LogP contribution in [0.5, 0.6) is 0 Å². The van der Waals surface area contributed by atoms with Gasteiger partial charge < -0.3 is 0 Å². The minimum atomic E-state index is -4.01. The number of amides is 2. The molecular weight excluding hydrogens is 433 g/mol. The van der Waals surface area contributed by atoms with Gasteiger partial charge in [-0.2, -0.15) is 0 Å². The number of halogens is 1. The molecule has 7 nitrogen and oxygen atoms in total. The van der Waals surface area contributed by atoms with E-state index in [2.05, 4.69) is 17.4 Å². The lowest BCUT2D eigenvalue weighted by Gasteiger charge is -2.23. The van der Waals surface area contributed by atoms with Gasteiger partial charge in [0.2, 0.25) is 0 Å². The zero-order valence-electron chi connectivity index (χ0n) is 16.9. The quantitative estimate of drug-likeness (QED) is 0.424. The van der Waals surface area contributed by atoms with Crippen LogP contribution in [0.2, 0.25) is 0 Å². The topological polar surface area (TPSA) is 95.6 Å². The van der Waals surface area contributed by atoms with E-state index in [1.165, 1.54) is 48.5 Å². The van der Waals surface area contributed by atoms with Crippen molar-refractivity contribution in [2.24, 2.45) is 0 Å². The third-order valence-corrected chi connectivity index (χ3v) is 6.22. The van der Waals surface area contributed by atoms with E-state index in [4.69, 9.17) is 0 Å². The van der Waals surface area contributed by atoms with Gasteiger partial charge in [0, 0.05) is 5.56 Å². The molecule has 2 amide bonds. The number of sulfonamides is 1. The number of anilines is 1. The molecule has 9 heteroatoms. The molecule has 0 aromatic heterocycles. The standard InChI is InChI=1S/C23H20FN3O4S/c1-2-15-27(18-10-4-3-5-11-18)32(30,31)19-12-8-9-17(16-19)22(28)25-26-23(29)20-13-6-7-14-21(20)24/h2-14,16H,1,15H2,(H,25,28)(H,26,29). The lowest BCUT2D eigenvalue weighted by molar-refractivity contribution is 0.0844. The first-order chi connectivity index (χ1) is 15.3. The second-order valence-electron chi connectivity index (χ2n) is 6.58. The minimum Gasteiger partial charge on any atom is -0.267 e. The van der Waals surface area contributed by atoms with Crippen molar-refractivity contribution in [1.82, 2.24) is 10.9 Å². The minimum absolute atomic E-state index is 0.00785. The molecule has 32 heavy (non-hydrogen) atoms. The summed E-state index contributed by atoms with van der Waals surface area (Å²) in [4.78, 5) is 24.4.